The van der Waals surface area contributed by atoms with Crippen LogP contribution in [0.25, 0.3) is 0 Å². The van der Waals surface area contributed by atoms with E-state index >= 15 is 0 Å². The molecule has 1 aromatic heterocycles. The molecule has 0 unspecified atom stereocenters. The maximum absolute atomic E-state index is 11.1. The van der Waals surface area contributed by atoms with Gasteiger partial charge in [0, 0.05) is 25.7 Å². The second-order valence-corrected chi connectivity index (χ2v) is 4.46. The fourth-order valence-corrected chi connectivity index (χ4v) is 1.95. The van der Waals surface area contributed by atoms with Crippen LogP contribution in [0, 0.1) is 13.8 Å². The lowest BCUT2D eigenvalue weighted by Gasteiger charge is -2.13. The number of carbonyl (C=O) groups excluding carboxylic acids is 1. The van der Waals surface area contributed by atoms with Crippen LogP contribution in [0.3, 0.4) is 0 Å². The molecule has 1 aromatic rings. The van der Waals surface area contributed by atoms with Crippen molar-refractivity contribution in [3.05, 3.63) is 22.9 Å². The number of hydrogen-bond donors (Lipinski definition) is 3. The van der Waals surface area contributed by atoms with Crippen LogP contribution >= 0.6 is 12.2 Å². The summed E-state index contributed by atoms with van der Waals surface area (Å²) in [6, 6.07) is 1.93. The Bertz CT molecular complexity index is 473. The number of aromatic nitrogens is 1. The average Bonchev–Trinajstić information content (AvgIpc) is 2.27. The molecule has 1 heterocycles. The molecule has 0 bridgehead atoms. The fourth-order valence-electron chi connectivity index (χ4n) is 1.70. The first-order valence-electron chi connectivity index (χ1n) is 5.68. The lowest BCUT2D eigenvalue weighted by Crippen LogP contribution is -2.22. The number of carbonyl (C=O) groups is 1. The highest BCUT2D eigenvalue weighted by Gasteiger charge is 2.11. The number of thiocarbonyl (C=S) groups is 1. The van der Waals surface area contributed by atoms with Gasteiger partial charge in [-0.3, -0.25) is 4.79 Å². The first-order chi connectivity index (χ1) is 8.45. The summed E-state index contributed by atoms with van der Waals surface area (Å²) in [6.07, 6.45) is 0.377. The molecule has 6 heteroatoms. The first kappa shape index (κ1) is 14.4. The molecule has 18 heavy (non-hydrogen) atoms. The minimum Gasteiger partial charge on any atom is -0.389 e. The normalized spacial score (nSPS) is 9.94. The van der Waals surface area contributed by atoms with Crippen molar-refractivity contribution in [2.24, 2.45) is 5.73 Å². The Morgan fingerprint density at radius 2 is 2.17 bits per heavy atom. The lowest BCUT2D eigenvalue weighted by molar-refractivity contribution is -0.120. The number of nitrogens with one attached hydrogen (secondary N) is 2. The van der Waals surface area contributed by atoms with Crippen molar-refractivity contribution in [3.8, 4) is 0 Å². The van der Waals surface area contributed by atoms with Gasteiger partial charge in [0.15, 0.2) is 0 Å². The van der Waals surface area contributed by atoms with E-state index in [0.717, 1.165) is 16.8 Å². The van der Waals surface area contributed by atoms with Crippen LogP contribution in [0.15, 0.2) is 6.07 Å². The number of pyridine rings is 1. The quantitative estimate of drug-likeness (QED) is 0.689. The maximum atomic E-state index is 11.1. The summed E-state index contributed by atoms with van der Waals surface area (Å²) in [4.78, 5) is 15.8. The number of aryl methyl sites for hydroxylation is 2. The van der Waals surface area contributed by atoms with Crippen molar-refractivity contribution < 1.29 is 4.79 Å². The van der Waals surface area contributed by atoms with E-state index in [2.05, 4.69) is 15.6 Å². The molecule has 0 radical (unpaired) electrons. The molecule has 0 spiro atoms. The van der Waals surface area contributed by atoms with E-state index in [1.54, 1.807) is 7.05 Å². The number of rotatable bonds is 5. The Morgan fingerprint density at radius 3 is 2.72 bits per heavy atom. The van der Waals surface area contributed by atoms with Gasteiger partial charge < -0.3 is 16.4 Å². The number of nitrogens with two attached hydrogens (primary N) is 1. The van der Waals surface area contributed by atoms with Gasteiger partial charge in [0.25, 0.3) is 0 Å². The van der Waals surface area contributed by atoms with E-state index in [1.165, 1.54) is 0 Å². The summed E-state index contributed by atoms with van der Waals surface area (Å²) >= 11 is 5.02. The summed E-state index contributed by atoms with van der Waals surface area (Å²) in [7, 11) is 1.61. The van der Waals surface area contributed by atoms with Gasteiger partial charge in [0.05, 0.1) is 5.56 Å². The van der Waals surface area contributed by atoms with Crippen LogP contribution in [-0.4, -0.2) is 29.5 Å². The highest BCUT2D eigenvalue weighted by atomic mass is 32.1. The van der Waals surface area contributed by atoms with E-state index < -0.39 is 0 Å². The Balaban J connectivity index is 2.87. The molecular formula is C12H18N4OS. The molecule has 0 aliphatic rings. The van der Waals surface area contributed by atoms with Crippen molar-refractivity contribution in [3.63, 3.8) is 0 Å². The van der Waals surface area contributed by atoms with Gasteiger partial charge >= 0.3 is 0 Å². The predicted octanol–water partition coefficient (Wildman–Crippen LogP) is 0.881. The summed E-state index contributed by atoms with van der Waals surface area (Å²) in [5.74, 6) is 0.618. The third-order valence-electron chi connectivity index (χ3n) is 2.51. The van der Waals surface area contributed by atoms with Gasteiger partial charge in [-0.15, -0.1) is 0 Å². The highest BCUT2D eigenvalue weighted by Crippen LogP contribution is 2.18. The van der Waals surface area contributed by atoms with Crippen LogP contribution in [0.4, 0.5) is 5.82 Å². The Labute approximate surface area is 112 Å². The van der Waals surface area contributed by atoms with Gasteiger partial charge in [-0.1, -0.05) is 12.2 Å². The molecule has 1 amide bonds. The van der Waals surface area contributed by atoms with E-state index in [-0.39, 0.29) is 5.91 Å². The molecule has 0 atom stereocenters. The maximum Gasteiger partial charge on any atom is 0.221 e. The number of amides is 1. The van der Waals surface area contributed by atoms with E-state index in [1.807, 2.05) is 19.9 Å². The molecule has 0 aliphatic carbocycles. The second kappa shape index (κ2) is 6.30. The molecular weight excluding hydrogens is 248 g/mol. The number of nitrogens with zero attached hydrogens (tertiary/aromatic N) is 1. The van der Waals surface area contributed by atoms with Crippen LogP contribution < -0.4 is 16.4 Å². The molecule has 0 aliphatic heterocycles. The summed E-state index contributed by atoms with van der Waals surface area (Å²) in [5.41, 5.74) is 8.31. The summed E-state index contributed by atoms with van der Waals surface area (Å²) in [6.45, 7) is 4.33. The van der Waals surface area contributed by atoms with Gasteiger partial charge in [-0.05, 0) is 25.5 Å². The molecule has 0 saturated carbocycles. The largest absolute Gasteiger partial charge is 0.389 e. The predicted molar refractivity (Wildman–Crippen MR) is 76.8 cm³/mol. The highest BCUT2D eigenvalue weighted by molar-refractivity contribution is 7.80. The SMILES string of the molecule is CNC(=O)CCNc1nc(C)cc(C)c1C(N)=S. The minimum absolute atomic E-state index is 0.0243. The molecule has 1 rings (SSSR count). The molecule has 98 valence electrons. The first-order valence-corrected chi connectivity index (χ1v) is 6.09. The zero-order chi connectivity index (χ0) is 13.7. The van der Waals surface area contributed by atoms with E-state index in [4.69, 9.17) is 18.0 Å². The van der Waals surface area contributed by atoms with E-state index in [0.29, 0.717) is 23.8 Å². The fraction of sp³-hybridized carbons (Fsp3) is 0.417. The Morgan fingerprint density at radius 1 is 1.50 bits per heavy atom. The molecule has 0 aromatic carbocycles. The summed E-state index contributed by atoms with van der Waals surface area (Å²) < 4.78 is 0. The van der Waals surface area contributed by atoms with Crippen LogP contribution in [0.1, 0.15) is 23.2 Å². The third kappa shape index (κ3) is 3.66. The zero-order valence-corrected chi connectivity index (χ0v) is 11.6. The minimum atomic E-state index is -0.0243. The van der Waals surface area contributed by atoms with Crippen LogP contribution in [0.5, 0.6) is 0 Å². The monoisotopic (exact) mass is 266 g/mol. The summed E-state index contributed by atoms with van der Waals surface area (Å²) in [5, 5.41) is 5.66. The van der Waals surface area contributed by atoms with Gasteiger partial charge in [0.1, 0.15) is 10.8 Å². The average molecular weight is 266 g/mol. The smallest absolute Gasteiger partial charge is 0.221 e. The van der Waals surface area contributed by atoms with Crippen molar-refractivity contribution in [1.29, 1.82) is 0 Å². The lowest BCUT2D eigenvalue weighted by atomic mass is 10.1. The third-order valence-corrected chi connectivity index (χ3v) is 2.72. The molecule has 0 fully saturated rings. The van der Waals surface area contributed by atoms with Gasteiger partial charge in [0.2, 0.25) is 5.91 Å². The molecule has 0 saturated heterocycles. The van der Waals surface area contributed by atoms with Crippen LogP contribution in [0.2, 0.25) is 0 Å². The van der Waals surface area contributed by atoms with Crippen LogP contribution in [-0.2, 0) is 4.79 Å². The second-order valence-electron chi connectivity index (χ2n) is 4.02. The number of anilines is 1. The van der Waals surface area contributed by atoms with Crippen molar-refractivity contribution in [1.82, 2.24) is 10.3 Å². The Hall–Kier alpha value is -1.69. The van der Waals surface area contributed by atoms with Gasteiger partial charge in [-0.25, -0.2) is 4.98 Å². The van der Waals surface area contributed by atoms with E-state index in [9.17, 15) is 4.79 Å². The topological polar surface area (TPSA) is 80.0 Å². The van der Waals surface area contributed by atoms with Gasteiger partial charge in [-0.2, -0.15) is 0 Å². The van der Waals surface area contributed by atoms with Crippen molar-refractivity contribution >= 4 is 28.9 Å². The number of hydrogen-bond acceptors (Lipinski definition) is 4. The Kier molecular flexibility index (Phi) is 5.03. The standard InChI is InChI=1S/C12H18N4OS/c1-7-6-8(2)16-12(10(7)11(13)18)15-5-4-9(17)14-3/h6H,4-5H2,1-3H3,(H2,13,18)(H,14,17)(H,15,16). The molecule has 5 nitrogen and oxygen atoms in total. The molecule has 4 N–H and O–H groups in total. The zero-order valence-electron chi connectivity index (χ0n) is 10.8. The van der Waals surface area contributed by atoms with Crippen molar-refractivity contribution in [2.45, 2.75) is 20.3 Å². The van der Waals surface area contributed by atoms with Crippen molar-refractivity contribution in [2.75, 3.05) is 18.9 Å².